The zero-order valence-electron chi connectivity index (χ0n) is 16.3. The van der Waals surface area contributed by atoms with Crippen LogP contribution < -0.4 is 10.2 Å². The number of aromatic nitrogens is 1. The summed E-state index contributed by atoms with van der Waals surface area (Å²) < 4.78 is 0. The van der Waals surface area contributed by atoms with Crippen LogP contribution in [0.3, 0.4) is 0 Å². The molecule has 1 aromatic rings. The zero-order valence-corrected chi connectivity index (χ0v) is 16.3. The van der Waals surface area contributed by atoms with Gasteiger partial charge >= 0.3 is 0 Å². The third-order valence-corrected chi connectivity index (χ3v) is 4.57. The highest BCUT2D eigenvalue weighted by Crippen LogP contribution is 2.21. The first-order valence-corrected chi connectivity index (χ1v) is 9.67. The highest BCUT2D eigenvalue weighted by atomic mass is 16.1. The molecule has 1 N–H and O–H groups in total. The van der Waals surface area contributed by atoms with Gasteiger partial charge in [0.25, 0.3) is 0 Å². The Morgan fingerprint density at radius 1 is 1.31 bits per heavy atom. The van der Waals surface area contributed by atoms with E-state index in [2.05, 4.69) is 35.0 Å². The van der Waals surface area contributed by atoms with Crippen LogP contribution in [0.15, 0.2) is 12.1 Å². The molecule has 0 spiro atoms. The van der Waals surface area contributed by atoms with E-state index in [0.717, 1.165) is 57.1 Å². The summed E-state index contributed by atoms with van der Waals surface area (Å²) in [6.07, 6.45) is 2.41. The summed E-state index contributed by atoms with van der Waals surface area (Å²) in [7, 11) is 0. The number of rotatable bonds is 8. The van der Waals surface area contributed by atoms with Gasteiger partial charge in [-0.05, 0) is 30.9 Å². The molecule has 0 aliphatic carbocycles. The Hall–Kier alpha value is -2.13. The molecule has 0 unspecified atom stereocenters. The molecule has 0 bridgehead atoms. The highest BCUT2D eigenvalue weighted by molar-refractivity contribution is 5.75. The van der Waals surface area contributed by atoms with E-state index in [1.807, 2.05) is 19.1 Å². The fraction of sp³-hybridized carbons (Fsp3) is 0.650. The van der Waals surface area contributed by atoms with Gasteiger partial charge in [-0.25, -0.2) is 4.98 Å². The molecule has 0 radical (unpaired) electrons. The Labute approximate surface area is 157 Å². The number of piperazine rings is 1. The Morgan fingerprint density at radius 3 is 2.65 bits per heavy atom. The van der Waals surface area contributed by atoms with Crippen molar-refractivity contribution in [1.29, 1.82) is 5.26 Å². The van der Waals surface area contributed by atoms with Crippen LogP contribution in [0.1, 0.15) is 44.9 Å². The predicted molar refractivity (Wildman–Crippen MR) is 104 cm³/mol. The number of carbonyl (C=O) groups is 1. The third-order valence-electron chi connectivity index (χ3n) is 4.57. The van der Waals surface area contributed by atoms with Gasteiger partial charge in [-0.1, -0.05) is 20.8 Å². The molecule has 0 saturated carbocycles. The van der Waals surface area contributed by atoms with E-state index in [9.17, 15) is 10.1 Å². The SMILES string of the molecule is CCCC(=O)NCCN1CCN(c2nc(CC(C)C)ccc2C#N)CC1. The third kappa shape index (κ3) is 5.99. The van der Waals surface area contributed by atoms with E-state index in [0.29, 0.717) is 24.4 Å². The van der Waals surface area contributed by atoms with E-state index in [1.165, 1.54) is 0 Å². The lowest BCUT2D eigenvalue weighted by atomic mass is 10.1. The Kier molecular flexibility index (Phi) is 7.86. The topological polar surface area (TPSA) is 72.3 Å². The molecule has 0 atom stereocenters. The first-order valence-electron chi connectivity index (χ1n) is 9.67. The summed E-state index contributed by atoms with van der Waals surface area (Å²) in [5.41, 5.74) is 1.70. The van der Waals surface area contributed by atoms with E-state index in [-0.39, 0.29) is 5.91 Å². The average Bonchev–Trinajstić information content (AvgIpc) is 2.62. The summed E-state index contributed by atoms with van der Waals surface area (Å²) in [4.78, 5) is 20.9. The second-order valence-corrected chi connectivity index (χ2v) is 7.31. The maximum atomic E-state index is 11.5. The van der Waals surface area contributed by atoms with Crippen molar-refractivity contribution >= 4 is 11.7 Å². The van der Waals surface area contributed by atoms with Gasteiger partial charge in [0, 0.05) is 51.4 Å². The summed E-state index contributed by atoms with van der Waals surface area (Å²) in [6, 6.07) is 6.15. The van der Waals surface area contributed by atoms with Gasteiger partial charge in [-0.15, -0.1) is 0 Å². The van der Waals surface area contributed by atoms with Gasteiger partial charge in [0.05, 0.1) is 5.56 Å². The number of nitrogens with zero attached hydrogens (tertiary/aromatic N) is 4. The molecule has 1 aliphatic rings. The largest absolute Gasteiger partial charge is 0.355 e. The summed E-state index contributed by atoms with van der Waals surface area (Å²) in [6.45, 7) is 11.5. The number of anilines is 1. The normalized spacial score (nSPS) is 15.1. The molecule has 2 rings (SSSR count). The molecular weight excluding hydrogens is 326 g/mol. The summed E-state index contributed by atoms with van der Waals surface area (Å²) in [5, 5.41) is 12.4. The molecule has 1 aliphatic heterocycles. The van der Waals surface area contributed by atoms with Crippen LogP contribution in [0.4, 0.5) is 5.82 Å². The van der Waals surface area contributed by atoms with Crippen LogP contribution in [0.5, 0.6) is 0 Å². The van der Waals surface area contributed by atoms with Crippen molar-refractivity contribution < 1.29 is 4.79 Å². The smallest absolute Gasteiger partial charge is 0.220 e. The van der Waals surface area contributed by atoms with Crippen molar-refractivity contribution in [2.75, 3.05) is 44.2 Å². The zero-order chi connectivity index (χ0) is 18.9. The first kappa shape index (κ1) is 20.2. The van der Waals surface area contributed by atoms with Gasteiger partial charge in [-0.3, -0.25) is 9.69 Å². The quantitative estimate of drug-likeness (QED) is 0.772. The maximum Gasteiger partial charge on any atom is 0.220 e. The average molecular weight is 358 g/mol. The molecule has 26 heavy (non-hydrogen) atoms. The van der Waals surface area contributed by atoms with Crippen LogP contribution in [-0.2, 0) is 11.2 Å². The molecule has 1 amide bonds. The molecule has 1 saturated heterocycles. The number of nitriles is 1. The van der Waals surface area contributed by atoms with Crippen LogP contribution in [-0.4, -0.2) is 55.1 Å². The number of hydrogen-bond donors (Lipinski definition) is 1. The number of carbonyl (C=O) groups excluding carboxylic acids is 1. The van der Waals surface area contributed by atoms with Crippen LogP contribution in [0.25, 0.3) is 0 Å². The minimum Gasteiger partial charge on any atom is -0.355 e. The number of amides is 1. The van der Waals surface area contributed by atoms with Gasteiger partial charge in [0.15, 0.2) is 0 Å². The summed E-state index contributed by atoms with van der Waals surface area (Å²) in [5.74, 6) is 1.50. The van der Waals surface area contributed by atoms with Gasteiger partial charge < -0.3 is 10.2 Å². The Balaban J connectivity index is 1.89. The van der Waals surface area contributed by atoms with Gasteiger partial charge in [-0.2, -0.15) is 5.26 Å². The van der Waals surface area contributed by atoms with Crippen LogP contribution >= 0.6 is 0 Å². The molecule has 2 heterocycles. The predicted octanol–water partition coefficient (Wildman–Crippen LogP) is 2.19. The molecule has 0 aromatic carbocycles. The lowest BCUT2D eigenvalue weighted by Crippen LogP contribution is -2.49. The fourth-order valence-electron chi connectivity index (χ4n) is 3.20. The van der Waals surface area contributed by atoms with Crippen molar-refractivity contribution in [2.45, 2.75) is 40.0 Å². The second kappa shape index (κ2) is 10.1. The Morgan fingerprint density at radius 2 is 2.04 bits per heavy atom. The minimum absolute atomic E-state index is 0.135. The number of hydrogen-bond acceptors (Lipinski definition) is 5. The van der Waals surface area contributed by atoms with Crippen molar-refractivity contribution in [3.63, 3.8) is 0 Å². The fourth-order valence-corrected chi connectivity index (χ4v) is 3.20. The molecule has 1 fully saturated rings. The van der Waals surface area contributed by atoms with Crippen LogP contribution in [0.2, 0.25) is 0 Å². The molecular formula is C20H31N5O. The van der Waals surface area contributed by atoms with E-state index < -0.39 is 0 Å². The molecule has 142 valence electrons. The molecule has 6 heteroatoms. The highest BCUT2D eigenvalue weighted by Gasteiger charge is 2.20. The van der Waals surface area contributed by atoms with E-state index in [1.54, 1.807) is 0 Å². The number of pyridine rings is 1. The lowest BCUT2D eigenvalue weighted by Gasteiger charge is -2.35. The minimum atomic E-state index is 0.135. The maximum absolute atomic E-state index is 11.5. The monoisotopic (exact) mass is 357 g/mol. The lowest BCUT2D eigenvalue weighted by molar-refractivity contribution is -0.121. The summed E-state index contributed by atoms with van der Waals surface area (Å²) >= 11 is 0. The van der Waals surface area contributed by atoms with Crippen molar-refractivity contribution in [3.8, 4) is 6.07 Å². The van der Waals surface area contributed by atoms with E-state index >= 15 is 0 Å². The van der Waals surface area contributed by atoms with Gasteiger partial charge in [0.1, 0.15) is 11.9 Å². The molecule has 1 aromatic heterocycles. The second-order valence-electron chi connectivity index (χ2n) is 7.31. The van der Waals surface area contributed by atoms with Crippen molar-refractivity contribution in [1.82, 2.24) is 15.2 Å². The van der Waals surface area contributed by atoms with Crippen LogP contribution in [0, 0.1) is 17.2 Å². The van der Waals surface area contributed by atoms with Crippen molar-refractivity contribution in [3.05, 3.63) is 23.4 Å². The molecule has 6 nitrogen and oxygen atoms in total. The van der Waals surface area contributed by atoms with Crippen molar-refractivity contribution in [2.24, 2.45) is 5.92 Å². The van der Waals surface area contributed by atoms with E-state index in [4.69, 9.17) is 4.98 Å². The first-order chi connectivity index (χ1) is 12.5. The standard InChI is InChI=1S/C20H31N5O/c1-4-5-19(26)22-8-9-24-10-12-25(13-11-24)20-17(15-21)6-7-18(23-20)14-16(2)3/h6-7,16H,4-5,8-14H2,1-3H3,(H,22,26). The number of nitrogens with one attached hydrogen (secondary N) is 1. The van der Waals surface area contributed by atoms with Gasteiger partial charge in [0.2, 0.25) is 5.91 Å². The Bertz CT molecular complexity index is 630.